The molecule has 0 fully saturated rings. The lowest BCUT2D eigenvalue weighted by molar-refractivity contribution is 0.552. The summed E-state index contributed by atoms with van der Waals surface area (Å²) in [7, 11) is 0. The van der Waals surface area contributed by atoms with Crippen molar-refractivity contribution in [3.63, 3.8) is 0 Å². The van der Waals surface area contributed by atoms with Gasteiger partial charge in [-0.15, -0.1) is 0 Å². The number of hydrogen-bond acceptors (Lipinski definition) is 5. The standard InChI is InChI=1S/C17H13NO4/c1-5-19-9-13(1)17(14-2-6-20-10-14)18(15-3-7-21-11-15)16-4-8-22-12-16/h1-12,17H. The topological polar surface area (TPSA) is 55.8 Å². The van der Waals surface area contributed by atoms with Gasteiger partial charge in [0.05, 0.1) is 55.0 Å². The highest BCUT2D eigenvalue weighted by Gasteiger charge is 2.27. The smallest absolute Gasteiger partial charge is 0.114 e. The molecule has 0 unspecified atom stereocenters. The molecule has 0 aliphatic rings. The fourth-order valence-corrected chi connectivity index (χ4v) is 2.59. The van der Waals surface area contributed by atoms with Crippen molar-refractivity contribution in [3.8, 4) is 0 Å². The fraction of sp³-hybridized carbons (Fsp3) is 0.0588. The van der Waals surface area contributed by atoms with Crippen LogP contribution in [-0.4, -0.2) is 0 Å². The number of anilines is 2. The average molecular weight is 295 g/mol. The Morgan fingerprint density at radius 2 is 1.05 bits per heavy atom. The minimum absolute atomic E-state index is 0.118. The Balaban J connectivity index is 1.88. The summed E-state index contributed by atoms with van der Waals surface area (Å²) >= 11 is 0. The quantitative estimate of drug-likeness (QED) is 0.519. The lowest BCUT2D eigenvalue weighted by Gasteiger charge is -2.30. The van der Waals surface area contributed by atoms with Crippen LogP contribution in [0.3, 0.4) is 0 Å². The molecule has 4 rings (SSSR count). The Morgan fingerprint density at radius 3 is 1.41 bits per heavy atom. The summed E-state index contributed by atoms with van der Waals surface area (Å²) in [4.78, 5) is 2.10. The Hall–Kier alpha value is -3.08. The zero-order valence-electron chi connectivity index (χ0n) is 11.6. The normalized spacial score (nSPS) is 11.1. The molecule has 5 nitrogen and oxygen atoms in total. The van der Waals surface area contributed by atoms with Gasteiger partial charge >= 0.3 is 0 Å². The summed E-state index contributed by atoms with van der Waals surface area (Å²) in [6.45, 7) is 0. The van der Waals surface area contributed by atoms with E-state index in [9.17, 15) is 0 Å². The third kappa shape index (κ3) is 2.13. The van der Waals surface area contributed by atoms with Gasteiger partial charge in [-0.05, 0) is 12.1 Å². The van der Waals surface area contributed by atoms with Crippen molar-refractivity contribution in [2.75, 3.05) is 4.90 Å². The second kappa shape index (κ2) is 5.37. The van der Waals surface area contributed by atoms with Crippen LogP contribution in [0.1, 0.15) is 17.2 Å². The van der Waals surface area contributed by atoms with Crippen LogP contribution in [-0.2, 0) is 0 Å². The highest BCUT2D eigenvalue weighted by atomic mass is 16.3. The van der Waals surface area contributed by atoms with E-state index in [1.807, 2.05) is 24.3 Å². The first-order valence-corrected chi connectivity index (χ1v) is 6.81. The van der Waals surface area contributed by atoms with Gasteiger partial charge in [-0.1, -0.05) is 0 Å². The lowest BCUT2D eigenvalue weighted by atomic mass is 10.0. The SMILES string of the molecule is c1cc(C(c2ccoc2)N(c2ccoc2)c2ccoc2)co1. The fourth-order valence-electron chi connectivity index (χ4n) is 2.59. The number of furan rings is 4. The molecule has 110 valence electrons. The van der Waals surface area contributed by atoms with E-state index in [4.69, 9.17) is 17.7 Å². The van der Waals surface area contributed by atoms with Crippen molar-refractivity contribution in [1.82, 2.24) is 0 Å². The van der Waals surface area contributed by atoms with Gasteiger partial charge in [0.25, 0.3) is 0 Å². The molecule has 0 spiro atoms. The van der Waals surface area contributed by atoms with Gasteiger partial charge in [0, 0.05) is 23.3 Å². The maximum Gasteiger partial charge on any atom is 0.114 e. The van der Waals surface area contributed by atoms with Crippen molar-refractivity contribution in [2.45, 2.75) is 6.04 Å². The first-order valence-electron chi connectivity index (χ1n) is 6.81. The monoisotopic (exact) mass is 295 g/mol. The summed E-state index contributed by atoms with van der Waals surface area (Å²) in [6.07, 6.45) is 13.4. The minimum Gasteiger partial charge on any atom is -0.472 e. The van der Waals surface area contributed by atoms with Crippen LogP contribution in [0, 0.1) is 0 Å². The van der Waals surface area contributed by atoms with Crippen LogP contribution in [0.15, 0.2) is 92.0 Å². The number of hydrogen-bond donors (Lipinski definition) is 0. The molecular formula is C17H13NO4. The van der Waals surface area contributed by atoms with Gasteiger partial charge in [-0.25, -0.2) is 0 Å². The highest BCUT2D eigenvalue weighted by Crippen LogP contribution is 2.39. The zero-order valence-corrected chi connectivity index (χ0v) is 11.6. The van der Waals surface area contributed by atoms with E-state index in [1.165, 1.54) is 0 Å². The first-order chi connectivity index (χ1) is 10.9. The van der Waals surface area contributed by atoms with Crippen LogP contribution in [0.2, 0.25) is 0 Å². The number of nitrogens with zero attached hydrogens (tertiary/aromatic N) is 1. The van der Waals surface area contributed by atoms with E-state index in [1.54, 1.807) is 50.1 Å². The molecule has 0 radical (unpaired) electrons. The zero-order chi connectivity index (χ0) is 14.8. The van der Waals surface area contributed by atoms with E-state index in [-0.39, 0.29) is 6.04 Å². The molecule has 4 aromatic rings. The maximum atomic E-state index is 5.27. The molecule has 0 saturated heterocycles. The molecule has 0 bridgehead atoms. The molecule has 0 amide bonds. The summed E-state index contributed by atoms with van der Waals surface area (Å²) < 4.78 is 21.1. The Bertz CT molecular complexity index is 644. The summed E-state index contributed by atoms with van der Waals surface area (Å²) in [5.74, 6) is 0. The third-order valence-electron chi connectivity index (χ3n) is 3.54. The largest absolute Gasteiger partial charge is 0.472 e. The van der Waals surface area contributed by atoms with E-state index < -0.39 is 0 Å². The molecule has 5 heteroatoms. The maximum absolute atomic E-state index is 5.27. The highest BCUT2D eigenvalue weighted by molar-refractivity contribution is 5.64. The second-order valence-corrected chi connectivity index (χ2v) is 4.85. The van der Waals surface area contributed by atoms with Crippen molar-refractivity contribution in [2.24, 2.45) is 0 Å². The van der Waals surface area contributed by atoms with Crippen molar-refractivity contribution in [3.05, 3.63) is 85.5 Å². The molecule has 22 heavy (non-hydrogen) atoms. The summed E-state index contributed by atoms with van der Waals surface area (Å²) in [5, 5.41) is 0. The Labute approximate surface area is 126 Å². The van der Waals surface area contributed by atoms with Gasteiger partial charge in [0.2, 0.25) is 0 Å². The van der Waals surface area contributed by atoms with E-state index in [0.717, 1.165) is 22.5 Å². The van der Waals surface area contributed by atoms with Gasteiger partial charge in [0.15, 0.2) is 0 Å². The first kappa shape index (κ1) is 12.6. The van der Waals surface area contributed by atoms with Crippen molar-refractivity contribution < 1.29 is 17.7 Å². The molecule has 4 heterocycles. The van der Waals surface area contributed by atoms with Crippen LogP contribution >= 0.6 is 0 Å². The molecule has 0 aromatic carbocycles. The Kier molecular flexibility index (Phi) is 3.08. The van der Waals surface area contributed by atoms with Crippen LogP contribution in [0.4, 0.5) is 11.4 Å². The molecule has 0 N–H and O–H groups in total. The lowest BCUT2D eigenvalue weighted by Crippen LogP contribution is -2.23. The van der Waals surface area contributed by atoms with E-state index in [2.05, 4.69) is 4.90 Å². The minimum atomic E-state index is -0.118. The molecule has 0 saturated carbocycles. The van der Waals surface area contributed by atoms with E-state index >= 15 is 0 Å². The van der Waals surface area contributed by atoms with Crippen LogP contribution < -0.4 is 4.90 Å². The summed E-state index contributed by atoms with van der Waals surface area (Å²) in [6, 6.07) is 7.56. The third-order valence-corrected chi connectivity index (χ3v) is 3.54. The molecule has 0 aliphatic carbocycles. The van der Waals surface area contributed by atoms with Gasteiger partial charge < -0.3 is 22.6 Å². The molecule has 4 aromatic heterocycles. The molecular weight excluding hydrogens is 282 g/mol. The van der Waals surface area contributed by atoms with Gasteiger partial charge in [-0.3, -0.25) is 0 Å². The molecule has 0 atom stereocenters. The summed E-state index contributed by atoms with van der Waals surface area (Å²) in [5.41, 5.74) is 3.83. The van der Waals surface area contributed by atoms with Crippen LogP contribution in [0.5, 0.6) is 0 Å². The van der Waals surface area contributed by atoms with E-state index in [0.29, 0.717) is 0 Å². The Morgan fingerprint density at radius 1 is 0.591 bits per heavy atom. The predicted molar refractivity (Wildman–Crippen MR) is 78.8 cm³/mol. The van der Waals surface area contributed by atoms with Gasteiger partial charge in [0.1, 0.15) is 12.5 Å². The number of rotatable bonds is 5. The second-order valence-electron chi connectivity index (χ2n) is 4.85. The molecule has 0 aliphatic heterocycles. The van der Waals surface area contributed by atoms with Gasteiger partial charge in [-0.2, -0.15) is 0 Å². The van der Waals surface area contributed by atoms with Crippen molar-refractivity contribution in [1.29, 1.82) is 0 Å². The van der Waals surface area contributed by atoms with Crippen LogP contribution in [0.25, 0.3) is 0 Å². The average Bonchev–Trinajstić information content (AvgIpc) is 3.35. The van der Waals surface area contributed by atoms with Crippen molar-refractivity contribution >= 4 is 11.4 Å². The predicted octanol–water partition coefficient (Wildman–Crippen LogP) is 4.99.